The summed E-state index contributed by atoms with van der Waals surface area (Å²) in [6.07, 6.45) is 0.326. The molecule has 0 radical (unpaired) electrons. The summed E-state index contributed by atoms with van der Waals surface area (Å²) in [6, 6.07) is 9.16. The number of carboxylic acids is 1. The van der Waals surface area contributed by atoms with Gasteiger partial charge in [0.25, 0.3) is 5.56 Å². The number of benzene rings is 1. The molecule has 0 aliphatic rings. The number of para-hydroxylation sites is 1. The smallest absolute Gasteiger partial charge is 0.337 e. The number of anilines is 1. The number of amides is 1. The predicted molar refractivity (Wildman–Crippen MR) is 111 cm³/mol. The van der Waals surface area contributed by atoms with Gasteiger partial charge in [0.15, 0.2) is 0 Å². The van der Waals surface area contributed by atoms with Gasteiger partial charge in [-0.3, -0.25) is 14.2 Å². The fraction of sp³-hybridized carbons (Fsp3) is 0.300. The van der Waals surface area contributed by atoms with E-state index in [1.165, 1.54) is 17.1 Å². The quantitative estimate of drug-likeness (QED) is 0.606. The van der Waals surface area contributed by atoms with Gasteiger partial charge in [0.2, 0.25) is 5.91 Å². The molecule has 29 heavy (non-hydrogen) atoms. The number of hydrogen-bond acceptors (Lipinski definition) is 6. The molecular formula is C20H21N3O5S. The third-order valence-corrected chi connectivity index (χ3v) is 5.38. The molecule has 3 aromatic rings. The molecular weight excluding hydrogens is 394 g/mol. The first kappa shape index (κ1) is 20.7. The number of likely N-dealkylation sites (N-methyl/N-ethyl adjacent to an activating group) is 1. The van der Waals surface area contributed by atoms with Gasteiger partial charge in [-0.2, -0.15) is 0 Å². The fourth-order valence-corrected chi connectivity index (χ4v) is 4.02. The number of hydrogen-bond donors (Lipinski definition) is 1. The number of aromatic nitrogens is 2. The molecule has 0 fully saturated rings. The average Bonchev–Trinajstić information content (AvgIpc) is 3.14. The molecule has 2 aromatic heterocycles. The summed E-state index contributed by atoms with van der Waals surface area (Å²) in [5.41, 5.74) is 0.0944. The molecule has 0 saturated carbocycles. The Bertz CT molecular complexity index is 1090. The van der Waals surface area contributed by atoms with E-state index in [0.29, 0.717) is 30.2 Å². The Labute approximate surface area is 171 Å². The van der Waals surface area contributed by atoms with Gasteiger partial charge in [0.1, 0.15) is 17.2 Å². The summed E-state index contributed by atoms with van der Waals surface area (Å²) in [4.78, 5) is 44.0. The van der Waals surface area contributed by atoms with Crippen LogP contribution in [-0.4, -0.2) is 46.8 Å². The number of nitrogens with zero attached hydrogens (tertiary/aromatic N) is 3. The SMILES string of the molecule is CCN(C(=O)Cn1c(CCOC)nc2scc(C(=O)O)c2c1=O)c1ccccc1. The molecule has 9 heteroatoms. The summed E-state index contributed by atoms with van der Waals surface area (Å²) in [7, 11) is 1.54. The summed E-state index contributed by atoms with van der Waals surface area (Å²) in [5.74, 6) is -1.09. The minimum atomic E-state index is -1.20. The molecule has 0 saturated heterocycles. The van der Waals surface area contributed by atoms with E-state index in [-0.39, 0.29) is 23.4 Å². The normalized spacial score (nSPS) is 11.0. The molecule has 2 heterocycles. The van der Waals surface area contributed by atoms with Crippen LogP contribution in [0.25, 0.3) is 10.2 Å². The lowest BCUT2D eigenvalue weighted by molar-refractivity contribution is -0.119. The van der Waals surface area contributed by atoms with Gasteiger partial charge in [-0.15, -0.1) is 11.3 Å². The van der Waals surface area contributed by atoms with Crippen molar-refractivity contribution in [3.63, 3.8) is 0 Å². The van der Waals surface area contributed by atoms with E-state index in [2.05, 4.69) is 4.98 Å². The van der Waals surface area contributed by atoms with Crippen LogP contribution in [0.4, 0.5) is 5.69 Å². The van der Waals surface area contributed by atoms with Gasteiger partial charge in [0, 0.05) is 31.1 Å². The number of ether oxygens (including phenoxy) is 1. The molecule has 1 amide bonds. The summed E-state index contributed by atoms with van der Waals surface area (Å²) >= 11 is 1.10. The van der Waals surface area contributed by atoms with Crippen molar-refractivity contribution in [1.29, 1.82) is 0 Å². The Hall–Kier alpha value is -3.04. The van der Waals surface area contributed by atoms with Crippen LogP contribution in [0.3, 0.4) is 0 Å². The zero-order chi connectivity index (χ0) is 21.0. The summed E-state index contributed by atoms with van der Waals surface area (Å²) < 4.78 is 6.36. The van der Waals surface area contributed by atoms with E-state index >= 15 is 0 Å². The van der Waals surface area contributed by atoms with E-state index in [0.717, 1.165) is 17.0 Å². The van der Waals surface area contributed by atoms with Crippen molar-refractivity contribution in [3.05, 3.63) is 57.5 Å². The van der Waals surface area contributed by atoms with Crippen LogP contribution in [0.2, 0.25) is 0 Å². The Kier molecular flexibility index (Phi) is 6.40. The summed E-state index contributed by atoms with van der Waals surface area (Å²) in [5, 5.41) is 10.8. The highest BCUT2D eigenvalue weighted by molar-refractivity contribution is 7.17. The highest BCUT2D eigenvalue weighted by atomic mass is 32.1. The van der Waals surface area contributed by atoms with Crippen LogP contribution in [0, 0.1) is 0 Å². The molecule has 0 aliphatic heterocycles. The maximum absolute atomic E-state index is 13.1. The zero-order valence-corrected chi connectivity index (χ0v) is 16.9. The van der Waals surface area contributed by atoms with Gasteiger partial charge in [-0.1, -0.05) is 18.2 Å². The maximum atomic E-state index is 13.1. The third kappa shape index (κ3) is 4.20. The Balaban J connectivity index is 2.07. The van der Waals surface area contributed by atoms with Gasteiger partial charge in [-0.25, -0.2) is 9.78 Å². The lowest BCUT2D eigenvalue weighted by Gasteiger charge is -2.22. The average molecular weight is 415 g/mol. The van der Waals surface area contributed by atoms with E-state index in [9.17, 15) is 19.5 Å². The number of methoxy groups -OCH3 is 1. The van der Waals surface area contributed by atoms with Crippen molar-refractivity contribution in [2.75, 3.05) is 25.2 Å². The van der Waals surface area contributed by atoms with Gasteiger partial charge < -0.3 is 14.7 Å². The van der Waals surface area contributed by atoms with Crippen LogP contribution in [0.15, 0.2) is 40.5 Å². The molecule has 1 N–H and O–H groups in total. The van der Waals surface area contributed by atoms with Gasteiger partial charge in [0.05, 0.1) is 17.6 Å². The second kappa shape index (κ2) is 8.97. The monoisotopic (exact) mass is 415 g/mol. The first-order valence-corrected chi connectivity index (χ1v) is 9.94. The molecule has 8 nitrogen and oxygen atoms in total. The zero-order valence-electron chi connectivity index (χ0n) is 16.1. The van der Waals surface area contributed by atoms with Crippen molar-refractivity contribution in [2.45, 2.75) is 19.9 Å². The van der Waals surface area contributed by atoms with Crippen LogP contribution in [-0.2, 0) is 22.5 Å². The second-order valence-corrected chi connectivity index (χ2v) is 7.13. The lowest BCUT2D eigenvalue weighted by Crippen LogP contribution is -2.38. The van der Waals surface area contributed by atoms with E-state index in [4.69, 9.17) is 4.74 Å². The highest BCUT2D eigenvalue weighted by Gasteiger charge is 2.22. The minimum absolute atomic E-state index is 0.0271. The Morgan fingerprint density at radius 3 is 2.62 bits per heavy atom. The lowest BCUT2D eigenvalue weighted by atomic mass is 10.2. The second-order valence-electron chi connectivity index (χ2n) is 6.27. The molecule has 0 unspecified atom stereocenters. The number of carbonyl (C=O) groups is 2. The van der Waals surface area contributed by atoms with E-state index in [1.54, 1.807) is 4.90 Å². The Morgan fingerprint density at radius 1 is 1.28 bits per heavy atom. The van der Waals surface area contributed by atoms with Gasteiger partial charge in [-0.05, 0) is 19.1 Å². The number of carboxylic acid groups (broad SMARTS) is 1. The molecule has 0 bridgehead atoms. The maximum Gasteiger partial charge on any atom is 0.337 e. The molecule has 0 atom stereocenters. The fourth-order valence-electron chi connectivity index (χ4n) is 3.10. The first-order chi connectivity index (χ1) is 14.0. The topological polar surface area (TPSA) is 102 Å². The number of aromatic carboxylic acids is 1. The van der Waals surface area contributed by atoms with Crippen LogP contribution < -0.4 is 10.5 Å². The predicted octanol–water partition coefficient (Wildman–Crippen LogP) is 2.40. The van der Waals surface area contributed by atoms with Crippen molar-refractivity contribution >= 4 is 39.1 Å². The number of thiophene rings is 1. The number of carbonyl (C=O) groups excluding carboxylic acids is 1. The standard InChI is InChI=1S/C20H21N3O5S/c1-3-22(13-7-5-4-6-8-13)16(24)11-23-15(9-10-28-2)21-18-17(19(23)25)14(12-29-18)20(26)27/h4-8,12H,3,9-11H2,1-2H3,(H,26,27). The number of fused-ring (bicyclic) bond motifs is 1. The first-order valence-electron chi connectivity index (χ1n) is 9.06. The molecule has 152 valence electrons. The van der Waals surface area contributed by atoms with Crippen LogP contribution in [0.1, 0.15) is 23.1 Å². The number of rotatable bonds is 8. The van der Waals surface area contributed by atoms with Crippen molar-refractivity contribution in [3.8, 4) is 0 Å². The minimum Gasteiger partial charge on any atom is -0.478 e. The van der Waals surface area contributed by atoms with E-state index < -0.39 is 11.5 Å². The van der Waals surface area contributed by atoms with Crippen molar-refractivity contribution < 1.29 is 19.4 Å². The van der Waals surface area contributed by atoms with E-state index in [1.807, 2.05) is 37.3 Å². The Morgan fingerprint density at radius 2 is 2.00 bits per heavy atom. The van der Waals surface area contributed by atoms with Crippen LogP contribution in [0.5, 0.6) is 0 Å². The largest absolute Gasteiger partial charge is 0.478 e. The van der Waals surface area contributed by atoms with Crippen molar-refractivity contribution in [2.24, 2.45) is 0 Å². The third-order valence-electron chi connectivity index (χ3n) is 4.51. The molecule has 0 aliphatic carbocycles. The van der Waals surface area contributed by atoms with Gasteiger partial charge >= 0.3 is 5.97 Å². The molecule has 3 rings (SSSR count). The van der Waals surface area contributed by atoms with Crippen molar-refractivity contribution in [1.82, 2.24) is 9.55 Å². The highest BCUT2D eigenvalue weighted by Crippen LogP contribution is 2.22. The van der Waals surface area contributed by atoms with Crippen LogP contribution >= 0.6 is 11.3 Å². The molecule has 0 spiro atoms. The molecule has 1 aromatic carbocycles. The summed E-state index contributed by atoms with van der Waals surface area (Å²) in [6.45, 7) is 2.36.